The number of rotatable bonds is 6. The average molecular weight is 284 g/mol. The Morgan fingerprint density at radius 2 is 1.90 bits per heavy atom. The van der Waals surface area contributed by atoms with Crippen LogP contribution in [0.1, 0.15) is 22.7 Å². The van der Waals surface area contributed by atoms with E-state index in [9.17, 15) is 0 Å². The predicted molar refractivity (Wildman–Crippen MR) is 87.4 cm³/mol. The fraction of sp³-hybridized carbons (Fsp3) is 0.333. The van der Waals surface area contributed by atoms with Crippen LogP contribution in [0.2, 0.25) is 0 Å². The van der Waals surface area contributed by atoms with Gasteiger partial charge < -0.3 is 10.5 Å². The lowest BCUT2D eigenvalue weighted by atomic mass is 10.0. The van der Waals surface area contributed by atoms with Crippen molar-refractivity contribution in [1.29, 1.82) is 0 Å². The molecular weight excluding hydrogens is 260 g/mol. The summed E-state index contributed by atoms with van der Waals surface area (Å²) in [6.07, 6.45) is 0. The molecule has 0 aliphatic heterocycles. The maximum absolute atomic E-state index is 6.01. The molecule has 0 saturated carbocycles. The van der Waals surface area contributed by atoms with Gasteiger partial charge in [0.05, 0.1) is 7.11 Å². The third-order valence-corrected chi connectivity index (χ3v) is 3.91. The molecule has 2 N–H and O–H groups in total. The van der Waals surface area contributed by atoms with Gasteiger partial charge in [0.1, 0.15) is 5.75 Å². The highest BCUT2D eigenvalue weighted by Gasteiger charge is 2.16. The molecule has 2 aromatic carbocycles. The zero-order valence-corrected chi connectivity index (χ0v) is 13.0. The van der Waals surface area contributed by atoms with Gasteiger partial charge in [-0.3, -0.25) is 4.90 Å². The number of hydrogen-bond donors (Lipinski definition) is 1. The summed E-state index contributed by atoms with van der Waals surface area (Å²) < 4.78 is 5.31. The standard InChI is InChI=1S/C18H24N2O/c1-14-7-4-5-8-16(14)13-20(2)18(12-19)15-9-6-10-17(11-15)21-3/h4-11,18H,12-13,19H2,1-3H3. The minimum absolute atomic E-state index is 0.180. The van der Waals surface area contributed by atoms with Crippen LogP contribution in [0, 0.1) is 6.92 Å². The predicted octanol–water partition coefficient (Wildman–Crippen LogP) is 3.14. The molecule has 0 radical (unpaired) electrons. The summed E-state index contributed by atoms with van der Waals surface area (Å²) in [5, 5.41) is 0. The van der Waals surface area contributed by atoms with Crippen molar-refractivity contribution >= 4 is 0 Å². The molecule has 3 heteroatoms. The van der Waals surface area contributed by atoms with Gasteiger partial charge >= 0.3 is 0 Å². The Morgan fingerprint density at radius 3 is 2.57 bits per heavy atom. The molecular formula is C18H24N2O. The van der Waals surface area contributed by atoms with Crippen molar-refractivity contribution in [3.63, 3.8) is 0 Å². The second-order valence-corrected chi connectivity index (χ2v) is 5.37. The number of hydrogen-bond acceptors (Lipinski definition) is 3. The van der Waals surface area contributed by atoms with E-state index in [4.69, 9.17) is 10.5 Å². The number of aryl methyl sites for hydroxylation is 1. The van der Waals surface area contributed by atoms with Crippen LogP contribution in [0.5, 0.6) is 5.75 Å². The molecule has 2 rings (SSSR count). The summed E-state index contributed by atoms with van der Waals surface area (Å²) in [5.74, 6) is 0.871. The molecule has 3 nitrogen and oxygen atoms in total. The van der Waals surface area contributed by atoms with Crippen molar-refractivity contribution in [2.24, 2.45) is 5.73 Å². The van der Waals surface area contributed by atoms with E-state index < -0.39 is 0 Å². The molecule has 0 fully saturated rings. The summed E-state index contributed by atoms with van der Waals surface area (Å²) in [6.45, 7) is 3.60. The lowest BCUT2D eigenvalue weighted by Crippen LogP contribution is -2.30. The second-order valence-electron chi connectivity index (χ2n) is 5.37. The van der Waals surface area contributed by atoms with Gasteiger partial charge in [0.25, 0.3) is 0 Å². The van der Waals surface area contributed by atoms with Crippen LogP contribution < -0.4 is 10.5 Å². The first-order chi connectivity index (χ1) is 10.2. The Hall–Kier alpha value is -1.84. The summed E-state index contributed by atoms with van der Waals surface area (Å²) in [5.41, 5.74) is 9.84. The van der Waals surface area contributed by atoms with Crippen molar-refractivity contribution in [2.45, 2.75) is 19.5 Å². The highest BCUT2D eigenvalue weighted by molar-refractivity contribution is 5.31. The van der Waals surface area contributed by atoms with Gasteiger partial charge in [0, 0.05) is 19.1 Å². The Balaban J connectivity index is 2.18. The highest BCUT2D eigenvalue weighted by Crippen LogP contribution is 2.24. The monoisotopic (exact) mass is 284 g/mol. The van der Waals surface area contributed by atoms with Gasteiger partial charge in [-0.15, -0.1) is 0 Å². The van der Waals surface area contributed by atoms with Crippen LogP contribution in [0.4, 0.5) is 0 Å². The van der Waals surface area contributed by atoms with Crippen LogP contribution >= 0.6 is 0 Å². The first-order valence-electron chi connectivity index (χ1n) is 7.24. The van der Waals surface area contributed by atoms with Crippen molar-refractivity contribution < 1.29 is 4.74 Å². The van der Waals surface area contributed by atoms with E-state index in [0.29, 0.717) is 6.54 Å². The van der Waals surface area contributed by atoms with E-state index in [2.05, 4.69) is 55.3 Å². The van der Waals surface area contributed by atoms with Crippen molar-refractivity contribution in [3.05, 3.63) is 65.2 Å². The number of nitrogens with two attached hydrogens (primary N) is 1. The third kappa shape index (κ3) is 3.84. The summed E-state index contributed by atoms with van der Waals surface area (Å²) in [4.78, 5) is 2.29. The normalized spacial score (nSPS) is 12.4. The molecule has 0 aromatic heterocycles. The molecule has 0 aliphatic rings. The molecule has 21 heavy (non-hydrogen) atoms. The van der Waals surface area contributed by atoms with E-state index in [1.807, 2.05) is 12.1 Å². The molecule has 0 heterocycles. The van der Waals surface area contributed by atoms with E-state index in [1.54, 1.807) is 7.11 Å². The fourth-order valence-corrected chi connectivity index (χ4v) is 2.59. The number of ether oxygens (including phenoxy) is 1. The molecule has 0 aliphatic carbocycles. The first kappa shape index (κ1) is 15.5. The number of methoxy groups -OCH3 is 1. The quantitative estimate of drug-likeness (QED) is 0.885. The van der Waals surface area contributed by atoms with E-state index in [-0.39, 0.29) is 6.04 Å². The summed E-state index contributed by atoms with van der Waals surface area (Å²) in [7, 11) is 3.80. The summed E-state index contributed by atoms with van der Waals surface area (Å²) >= 11 is 0. The van der Waals surface area contributed by atoms with Gasteiger partial charge in [0.15, 0.2) is 0 Å². The second kappa shape index (κ2) is 7.25. The minimum Gasteiger partial charge on any atom is -0.497 e. The Labute approximate surface area is 127 Å². The SMILES string of the molecule is COc1cccc(C(CN)N(C)Cc2ccccc2C)c1. The smallest absolute Gasteiger partial charge is 0.119 e. The highest BCUT2D eigenvalue weighted by atomic mass is 16.5. The van der Waals surface area contributed by atoms with E-state index >= 15 is 0 Å². The maximum atomic E-state index is 6.01. The molecule has 2 aromatic rings. The van der Waals surface area contributed by atoms with E-state index in [1.165, 1.54) is 16.7 Å². The van der Waals surface area contributed by atoms with Crippen LogP contribution in [-0.2, 0) is 6.54 Å². The maximum Gasteiger partial charge on any atom is 0.119 e. The lowest BCUT2D eigenvalue weighted by molar-refractivity contribution is 0.241. The van der Waals surface area contributed by atoms with Crippen molar-refractivity contribution in [1.82, 2.24) is 4.90 Å². The van der Waals surface area contributed by atoms with Crippen molar-refractivity contribution in [3.8, 4) is 5.75 Å². The van der Waals surface area contributed by atoms with Crippen LogP contribution in [-0.4, -0.2) is 25.6 Å². The van der Waals surface area contributed by atoms with Gasteiger partial charge in [-0.1, -0.05) is 36.4 Å². The number of likely N-dealkylation sites (N-methyl/N-ethyl adjacent to an activating group) is 1. The molecule has 1 unspecified atom stereocenters. The Bertz CT molecular complexity index is 583. The first-order valence-corrected chi connectivity index (χ1v) is 7.24. The van der Waals surface area contributed by atoms with E-state index in [0.717, 1.165) is 12.3 Å². The van der Waals surface area contributed by atoms with Gasteiger partial charge in [-0.2, -0.15) is 0 Å². The zero-order valence-electron chi connectivity index (χ0n) is 13.0. The zero-order chi connectivity index (χ0) is 15.2. The average Bonchev–Trinajstić information content (AvgIpc) is 2.50. The lowest BCUT2D eigenvalue weighted by Gasteiger charge is -2.28. The third-order valence-electron chi connectivity index (χ3n) is 3.91. The van der Waals surface area contributed by atoms with Crippen LogP contribution in [0.3, 0.4) is 0 Å². The summed E-state index contributed by atoms with van der Waals surface area (Å²) in [6, 6.07) is 16.8. The molecule has 1 atom stereocenters. The number of nitrogens with zero attached hydrogens (tertiary/aromatic N) is 1. The Morgan fingerprint density at radius 1 is 1.14 bits per heavy atom. The topological polar surface area (TPSA) is 38.5 Å². The largest absolute Gasteiger partial charge is 0.497 e. The molecule has 0 spiro atoms. The number of benzene rings is 2. The molecule has 112 valence electrons. The molecule has 0 bridgehead atoms. The van der Waals surface area contributed by atoms with Crippen molar-refractivity contribution in [2.75, 3.05) is 20.7 Å². The van der Waals surface area contributed by atoms with Gasteiger partial charge in [0.2, 0.25) is 0 Å². The molecule has 0 amide bonds. The van der Waals surface area contributed by atoms with Crippen LogP contribution in [0.15, 0.2) is 48.5 Å². The van der Waals surface area contributed by atoms with Crippen LogP contribution in [0.25, 0.3) is 0 Å². The fourth-order valence-electron chi connectivity index (χ4n) is 2.59. The van der Waals surface area contributed by atoms with Gasteiger partial charge in [-0.05, 0) is 42.8 Å². The van der Waals surface area contributed by atoms with Gasteiger partial charge in [-0.25, -0.2) is 0 Å². The minimum atomic E-state index is 0.180. The Kier molecular flexibility index (Phi) is 5.37. The molecule has 0 saturated heterocycles.